The van der Waals surface area contributed by atoms with E-state index < -0.39 is 12.2 Å². The van der Waals surface area contributed by atoms with Crippen molar-refractivity contribution in [2.24, 2.45) is 0 Å². The smallest absolute Gasteiger partial charge is 0.159 e. The Hall–Kier alpha value is 0.170. The fourth-order valence-corrected chi connectivity index (χ4v) is 5.12. The molecule has 0 rings (SSSR count). The summed E-state index contributed by atoms with van der Waals surface area (Å²) in [5.74, 6) is 0.521. The van der Waals surface area contributed by atoms with E-state index in [4.69, 9.17) is 44.5 Å². The van der Waals surface area contributed by atoms with Gasteiger partial charge < -0.3 is 25.2 Å². The van der Waals surface area contributed by atoms with Crippen LogP contribution in [0.4, 0.5) is 0 Å². The molecule has 5 nitrogen and oxygen atoms in total. The van der Waals surface area contributed by atoms with Gasteiger partial charge in [0.05, 0.1) is 19.3 Å². The lowest BCUT2D eigenvalue weighted by Gasteiger charge is -2.10. The molecule has 228 valence electrons. The van der Waals surface area contributed by atoms with Gasteiger partial charge in [-0.3, -0.25) is 0 Å². The van der Waals surface area contributed by atoms with Crippen LogP contribution in [-0.4, -0.2) is 67.5 Å². The first-order chi connectivity index (χ1) is 18.4. The zero-order valence-corrected chi connectivity index (χ0v) is 27.0. The van der Waals surface area contributed by atoms with Crippen molar-refractivity contribution < 1.29 is 25.2 Å². The fraction of sp³-hybridized carbons (Fsp3) is 0.933. The SMILES string of the molecule is CCCCCCCCCCCC(=S)OCC(O)CO.CCCCCCCCCCCC(=S)SCC(O)CO. The van der Waals surface area contributed by atoms with E-state index in [0.717, 1.165) is 29.9 Å². The average Bonchev–Trinajstić information content (AvgIpc) is 2.93. The predicted octanol–water partition coefficient (Wildman–Crippen LogP) is 7.93. The maximum absolute atomic E-state index is 9.21. The lowest BCUT2D eigenvalue weighted by atomic mass is 10.1. The molecule has 8 heteroatoms. The summed E-state index contributed by atoms with van der Waals surface area (Å²) in [5, 5.41) is 36.2. The lowest BCUT2D eigenvalue weighted by Crippen LogP contribution is -2.21. The van der Waals surface area contributed by atoms with Crippen molar-refractivity contribution in [3.8, 4) is 0 Å². The molecule has 0 amide bonds. The summed E-state index contributed by atoms with van der Waals surface area (Å²) in [7, 11) is 0. The molecule has 0 bridgehead atoms. The van der Waals surface area contributed by atoms with E-state index in [1.165, 1.54) is 114 Å². The summed E-state index contributed by atoms with van der Waals surface area (Å²) in [6.45, 7) is 4.14. The molecule has 0 heterocycles. The van der Waals surface area contributed by atoms with Crippen molar-refractivity contribution in [3.05, 3.63) is 0 Å². The lowest BCUT2D eigenvalue weighted by molar-refractivity contribution is 0.0498. The molecule has 2 unspecified atom stereocenters. The van der Waals surface area contributed by atoms with E-state index in [1.54, 1.807) is 0 Å². The Morgan fingerprint density at radius 1 is 0.605 bits per heavy atom. The Labute approximate surface area is 249 Å². The largest absolute Gasteiger partial charge is 0.484 e. The minimum absolute atomic E-state index is 0.104. The van der Waals surface area contributed by atoms with Gasteiger partial charge >= 0.3 is 0 Å². The summed E-state index contributed by atoms with van der Waals surface area (Å²) in [5.41, 5.74) is 0. The van der Waals surface area contributed by atoms with Crippen molar-refractivity contribution in [2.75, 3.05) is 25.6 Å². The molecule has 2 atom stereocenters. The maximum Gasteiger partial charge on any atom is 0.159 e. The number of thioether (sulfide) groups is 1. The van der Waals surface area contributed by atoms with Crippen LogP contribution in [0.1, 0.15) is 142 Å². The molecule has 0 radical (unpaired) electrons. The van der Waals surface area contributed by atoms with Crippen molar-refractivity contribution in [1.82, 2.24) is 0 Å². The third kappa shape index (κ3) is 34.2. The number of hydrogen-bond acceptors (Lipinski definition) is 8. The molecule has 0 aromatic rings. The van der Waals surface area contributed by atoms with Gasteiger partial charge in [0.15, 0.2) is 5.05 Å². The molecule has 0 aromatic carbocycles. The molecule has 0 saturated carbocycles. The fourth-order valence-electron chi connectivity index (χ4n) is 3.79. The number of aliphatic hydroxyl groups excluding tert-OH is 4. The minimum Gasteiger partial charge on any atom is -0.484 e. The van der Waals surface area contributed by atoms with Crippen LogP contribution in [0, 0.1) is 0 Å². The molecule has 0 aliphatic carbocycles. The number of ether oxygens (including phenoxy) is 1. The Kier molecular flexibility index (Phi) is 35.4. The standard InChI is InChI=1S/C15H30O3S.C15H30O2S2/c1-2-3-4-5-6-7-8-9-10-11-15(19)18-13-14(17)12-16;1-2-3-4-5-6-7-8-9-10-11-15(18)19-13-14(17)12-16/h2*14,16-17H,2-13H2,1H3. The molecule has 0 aliphatic rings. The van der Waals surface area contributed by atoms with Crippen molar-refractivity contribution in [1.29, 1.82) is 0 Å². The Morgan fingerprint density at radius 2 is 1.00 bits per heavy atom. The summed E-state index contributed by atoms with van der Waals surface area (Å²) in [4.78, 5) is 0. The average molecular weight is 597 g/mol. The first-order valence-corrected chi connectivity index (χ1v) is 17.1. The number of thiocarbonyl (C=S) groups is 2. The van der Waals surface area contributed by atoms with Gasteiger partial charge in [-0.15, -0.1) is 11.8 Å². The van der Waals surface area contributed by atoms with Crippen molar-refractivity contribution >= 4 is 45.4 Å². The van der Waals surface area contributed by atoms with Crippen LogP contribution in [0.5, 0.6) is 0 Å². The molecule has 0 aliphatic heterocycles. The van der Waals surface area contributed by atoms with Gasteiger partial charge in [-0.2, -0.15) is 0 Å². The maximum atomic E-state index is 9.21. The first kappa shape index (κ1) is 40.3. The van der Waals surface area contributed by atoms with Gasteiger partial charge in [-0.05, 0) is 31.5 Å². The Bertz CT molecular complexity index is 464. The summed E-state index contributed by atoms with van der Waals surface area (Å²) < 4.78 is 6.16. The van der Waals surface area contributed by atoms with Gasteiger partial charge in [-0.1, -0.05) is 129 Å². The molecule has 0 spiro atoms. The second-order valence-corrected chi connectivity index (χ2v) is 12.5. The van der Waals surface area contributed by atoms with Crippen molar-refractivity contribution in [3.63, 3.8) is 0 Å². The van der Waals surface area contributed by atoms with E-state index in [2.05, 4.69) is 13.8 Å². The van der Waals surface area contributed by atoms with Crippen LogP contribution in [0.2, 0.25) is 0 Å². The quantitative estimate of drug-likeness (QED) is 0.0591. The summed E-state index contributed by atoms with van der Waals surface area (Å²) >= 11 is 11.8. The Balaban J connectivity index is 0. The zero-order chi connectivity index (χ0) is 28.7. The zero-order valence-electron chi connectivity index (χ0n) is 24.5. The van der Waals surface area contributed by atoms with E-state index in [1.807, 2.05) is 0 Å². The highest BCUT2D eigenvalue weighted by molar-refractivity contribution is 8.23. The van der Waals surface area contributed by atoms with Crippen LogP contribution in [0.25, 0.3) is 0 Å². The molecule has 4 N–H and O–H groups in total. The van der Waals surface area contributed by atoms with Crippen LogP contribution in [-0.2, 0) is 4.74 Å². The van der Waals surface area contributed by atoms with Crippen molar-refractivity contribution in [2.45, 2.75) is 154 Å². The van der Waals surface area contributed by atoms with Gasteiger partial charge in [0.2, 0.25) is 0 Å². The third-order valence-corrected chi connectivity index (χ3v) is 8.22. The summed E-state index contributed by atoms with van der Waals surface area (Å²) in [6.07, 6.45) is 23.9. The number of hydrogen-bond donors (Lipinski definition) is 4. The molecular formula is C30H60O5S3. The van der Waals surface area contributed by atoms with Crippen LogP contribution >= 0.6 is 36.2 Å². The second-order valence-electron chi connectivity index (χ2n) is 10.2. The second kappa shape index (κ2) is 33.4. The molecule has 0 saturated heterocycles. The molecular weight excluding hydrogens is 537 g/mol. The molecule has 0 fully saturated rings. The van der Waals surface area contributed by atoms with E-state index in [9.17, 15) is 5.11 Å². The highest BCUT2D eigenvalue weighted by atomic mass is 32.2. The summed E-state index contributed by atoms with van der Waals surface area (Å²) in [6, 6.07) is 0. The molecule has 0 aromatic heterocycles. The van der Waals surface area contributed by atoms with E-state index >= 15 is 0 Å². The van der Waals surface area contributed by atoms with Gasteiger partial charge in [0, 0.05) is 16.4 Å². The van der Waals surface area contributed by atoms with E-state index in [-0.39, 0.29) is 19.8 Å². The Morgan fingerprint density at radius 3 is 1.42 bits per heavy atom. The van der Waals surface area contributed by atoms with Gasteiger partial charge in [-0.25, -0.2) is 0 Å². The highest BCUT2D eigenvalue weighted by Crippen LogP contribution is 2.15. The predicted molar refractivity (Wildman–Crippen MR) is 173 cm³/mol. The normalized spacial score (nSPS) is 12.5. The third-order valence-electron chi connectivity index (χ3n) is 6.26. The topological polar surface area (TPSA) is 90.2 Å². The van der Waals surface area contributed by atoms with Crippen LogP contribution in [0.3, 0.4) is 0 Å². The highest BCUT2D eigenvalue weighted by Gasteiger charge is 2.05. The van der Waals surface area contributed by atoms with Crippen LogP contribution < -0.4 is 0 Å². The number of rotatable bonds is 26. The van der Waals surface area contributed by atoms with E-state index in [0.29, 0.717) is 10.8 Å². The molecule has 38 heavy (non-hydrogen) atoms. The monoisotopic (exact) mass is 596 g/mol. The number of aliphatic hydroxyl groups is 4. The minimum atomic E-state index is -0.818. The van der Waals surface area contributed by atoms with Gasteiger partial charge in [0.1, 0.15) is 12.7 Å². The van der Waals surface area contributed by atoms with Gasteiger partial charge in [0.25, 0.3) is 0 Å². The first-order valence-electron chi connectivity index (χ1n) is 15.3. The van der Waals surface area contributed by atoms with Crippen LogP contribution in [0.15, 0.2) is 0 Å². The number of unbranched alkanes of at least 4 members (excludes halogenated alkanes) is 16.